The third-order valence-corrected chi connectivity index (χ3v) is 8.78. The molecular weight excluding hydrogens is 800 g/mol. The Hall–Kier alpha value is -6.54. The summed E-state index contributed by atoms with van der Waals surface area (Å²) in [5.74, 6) is -5.01. The van der Waals surface area contributed by atoms with Crippen LogP contribution < -0.4 is 14.9 Å². The Balaban J connectivity index is 1.38. The zero-order chi connectivity index (χ0) is 43.9. The highest BCUT2D eigenvalue weighted by Gasteiger charge is 2.58. The Labute approximate surface area is 341 Å². The largest absolute Gasteiger partial charge is 0.463 e. The first-order chi connectivity index (χ1) is 28.3. The van der Waals surface area contributed by atoms with Crippen molar-refractivity contribution >= 4 is 52.8 Å². The van der Waals surface area contributed by atoms with Crippen LogP contribution in [0.2, 0.25) is 0 Å². The van der Waals surface area contributed by atoms with Gasteiger partial charge in [-0.2, -0.15) is 0 Å². The molecule has 3 aromatic rings. The molecule has 20 nitrogen and oxygen atoms in total. The maximum Gasteiger partial charge on any atom is 0.303 e. The lowest BCUT2D eigenvalue weighted by Gasteiger charge is -2.43. The van der Waals surface area contributed by atoms with Crippen LogP contribution in [0.5, 0.6) is 11.5 Å². The van der Waals surface area contributed by atoms with Gasteiger partial charge in [0.1, 0.15) is 42.7 Å². The summed E-state index contributed by atoms with van der Waals surface area (Å²) in [6, 6.07) is 10.3. The minimum absolute atomic E-state index is 0.0487. The summed E-state index contributed by atoms with van der Waals surface area (Å²) in [4.78, 5) is 97.4. The van der Waals surface area contributed by atoms with E-state index in [1.807, 2.05) is 0 Å². The van der Waals surface area contributed by atoms with Gasteiger partial charge in [0, 0.05) is 54.5 Å². The van der Waals surface area contributed by atoms with Crippen molar-refractivity contribution in [2.45, 2.75) is 97.2 Å². The van der Waals surface area contributed by atoms with Gasteiger partial charge in [-0.15, -0.1) is 0 Å². The maximum atomic E-state index is 13.7. The summed E-state index contributed by atoms with van der Waals surface area (Å²) in [5.41, 5.74) is -1.47. The lowest BCUT2D eigenvalue weighted by molar-refractivity contribution is -0.288. The van der Waals surface area contributed by atoms with Crippen molar-refractivity contribution < 1.29 is 90.1 Å². The highest BCUT2D eigenvalue weighted by Crippen LogP contribution is 2.35. The molecule has 0 amide bonds. The van der Waals surface area contributed by atoms with Crippen LogP contribution in [-0.4, -0.2) is 110 Å². The zero-order valence-corrected chi connectivity index (χ0v) is 33.4. The molecule has 0 aliphatic carbocycles. The fourth-order valence-electron chi connectivity index (χ4n) is 6.48. The van der Waals surface area contributed by atoms with E-state index in [-0.39, 0.29) is 34.6 Å². The lowest BCUT2D eigenvalue weighted by atomic mass is 9.98. The summed E-state index contributed by atoms with van der Waals surface area (Å²) in [7, 11) is 0. The number of esters is 7. The van der Waals surface area contributed by atoms with Crippen LogP contribution in [0.4, 0.5) is 0 Å². The molecule has 322 valence electrons. The smallest absolute Gasteiger partial charge is 0.303 e. The van der Waals surface area contributed by atoms with Crippen molar-refractivity contribution in [1.82, 2.24) is 0 Å². The molecule has 2 aliphatic rings. The standard InChI is InChI=1S/C40H42O20/c1-19(41)49-16-32-34(53-21(3)43)35(54-22(4)44)36(55-23(5)45)38(59-32)58-28-12-13-29-31(14-28)50-15-30(33(29)48)26-8-10-27(11-9-26)57-39-37(56-24(6)46)40(18-52-39,60-25(7)47)17-51-20(2)42/h8-15,32,34-39H,16-18H2,1-7H3/t32-,34-,35+,36-,37+,38-,39+,40-/m1/s1. The summed E-state index contributed by atoms with van der Waals surface area (Å²) >= 11 is 0. The molecule has 0 N–H and O–H groups in total. The van der Waals surface area contributed by atoms with E-state index in [1.165, 1.54) is 36.6 Å². The van der Waals surface area contributed by atoms with Crippen LogP contribution in [0.1, 0.15) is 48.5 Å². The first-order valence-corrected chi connectivity index (χ1v) is 18.3. The summed E-state index contributed by atoms with van der Waals surface area (Å²) in [5, 5.41) is 0.139. The molecule has 0 radical (unpaired) electrons. The quantitative estimate of drug-likeness (QED) is 0.167. The molecule has 2 saturated heterocycles. The van der Waals surface area contributed by atoms with Crippen LogP contribution in [-0.2, 0) is 76.2 Å². The van der Waals surface area contributed by atoms with E-state index < -0.39 is 109 Å². The van der Waals surface area contributed by atoms with E-state index in [0.29, 0.717) is 5.56 Å². The van der Waals surface area contributed by atoms with E-state index >= 15 is 0 Å². The highest BCUT2D eigenvalue weighted by atomic mass is 16.7. The molecular formula is C40H42O20. The van der Waals surface area contributed by atoms with Crippen molar-refractivity contribution in [3.05, 3.63) is 59.0 Å². The number of benzene rings is 2. The van der Waals surface area contributed by atoms with Gasteiger partial charge in [0.25, 0.3) is 0 Å². The molecule has 2 aliphatic heterocycles. The number of hydrogen-bond acceptors (Lipinski definition) is 20. The maximum absolute atomic E-state index is 13.7. The Kier molecular flexibility index (Phi) is 14.1. The molecule has 20 heteroatoms. The van der Waals surface area contributed by atoms with Gasteiger partial charge < -0.3 is 56.5 Å². The van der Waals surface area contributed by atoms with Gasteiger partial charge in [-0.05, 0) is 29.8 Å². The van der Waals surface area contributed by atoms with Gasteiger partial charge >= 0.3 is 41.8 Å². The SMILES string of the molecule is CC(=O)OC[C@H]1O[C@@H](Oc2ccc3c(=O)c(-c4ccc(O[C@@H]5OC[C@@](COC(C)=O)(OC(C)=O)[C@H]5OC(C)=O)cc4)coc3c2)[C@H](OC(C)=O)[C@@H](OC(C)=O)[C@@H]1OC(C)=O. The molecule has 0 saturated carbocycles. The Morgan fingerprint density at radius 3 is 1.83 bits per heavy atom. The molecule has 0 bridgehead atoms. The first-order valence-electron chi connectivity index (χ1n) is 18.3. The van der Waals surface area contributed by atoms with E-state index in [0.717, 1.165) is 48.5 Å². The van der Waals surface area contributed by atoms with Gasteiger partial charge in [0.15, 0.2) is 17.6 Å². The monoisotopic (exact) mass is 842 g/mol. The third kappa shape index (κ3) is 10.9. The topological polar surface area (TPSA) is 251 Å². The van der Waals surface area contributed by atoms with E-state index in [4.69, 9.17) is 56.5 Å². The average Bonchev–Trinajstić information content (AvgIpc) is 3.46. The molecule has 0 unspecified atom stereocenters. The first kappa shape index (κ1) is 44.6. The minimum Gasteiger partial charge on any atom is -0.463 e. The van der Waals surface area contributed by atoms with E-state index in [1.54, 1.807) is 12.1 Å². The van der Waals surface area contributed by atoms with Crippen LogP contribution >= 0.6 is 0 Å². The van der Waals surface area contributed by atoms with Gasteiger partial charge in [-0.3, -0.25) is 38.4 Å². The highest BCUT2D eigenvalue weighted by molar-refractivity contribution is 5.82. The van der Waals surface area contributed by atoms with Crippen molar-refractivity contribution in [3.63, 3.8) is 0 Å². The number of hydrogen-bond donors (Lipinski definition) is 0. The Morgan fingerprint density at radius 2 is 1.23 bits per heavy atom. The van der Waals surface area contributed by atoms with Gasteiger partial charge in [-0.25, -0.2) is 0 Å². The fourth-order valence-corrected chi connectivity index (χ4v) is 6.48. The molecule has 2 aromatic carbocycles. The Morgan fingerprint density at radius 1 is 0.650 bits per heavy atom. The third-order valence-electron chi connectivity index (χ3n) is 8.78. The second-order valence-electron chi connectivity index (χ2n) is 13.6. The second-order valence-corrected chi connectivity index (χ2v) is 13.6. The molecule has 2 fully saturated rings. The van der Waals surface area contributed by atoms with Gasteiger partial charge in [-0.1, -0.05) is 12.1 Å². The van der Waals surface area contributed by atoms with Crippen molar-refractivity contribution in [1.29, 1.82) is 0 Å². The summed E-state index contributed by atoms with van der Waals surface area (Å²) < 4.78 is 66.9. The molecule has 3 heterocycles. The van der Waals surface area contributed by atoms with E-state index in [9.17, 15) is 38.4 Å². The summed E-state index contributed by atoms with van der Waals surface area (Å²) in [6.07, 6.45) is -8.52. The molecule has 60 heavy (non-hydrogen) atoms. The predicted octanol–water partition coefficient (Wildman–Crippen LogP) is 2.45. The normalized spacial score (nSPS) is 24.6. The Bertz CT molecular complexity index is 2180. The predicted molar refractivity (Wildman–Crippen MR) is 198 cm³/mol. The molecule has 8 atom stereocenters. The van der Waals surface area contributed by atoms with Crippen LogP contribution in [0.25, 0.3) is 22.1 Å². The van der Waals surface area contributed by atoms with Gasteiger partial charge in [0.2, 0.25) is 30.4 Å². The van der Waals surface area contributed by atoms with Crippen molar-refractivity contribution in [2.24, 2.45) is 0 Å². The van der Waals surface area contributed by atoms with Crippen LogP contribution in [0.15, 0.2) is 57.9 Å². The number of ether oxygens (including phenoxy) is 11. The minimum atomic E-state index is -1.69. The number of carbonyl (C=O) groups excluding carboxylic acids is 7. The lowest BCUT2D eigenvalue weighted by Crippen LogP contribution is -2.63. The summed E-state index contributed by atoms with van der Waals surface area (Å²) in [6.45, 7) is 6.60. The van der Waals surface area contributed by atoms with E-state index in [2.05, 4.69) is 0 Å². The molecule has 5 rings (SSSR count). The molecule has 0 spiro atoms. The van der Waals surface area contributed by atoms with Gasteiger partial charge in [0.05, 0.1) is 17.6 Å². The number of fused-ring (bicyclic) bond motifs is 1. The van der Waals surface area contributed by atoms with Crippen molar-refractivity contribution in [3.8, 4) is 22.6 Å². The average molecular weight is 843 g/mol. The fraction of sp³-hybridized carbons (Fsp3) is 0.450. The second kappa shape index (κ2) is 19.0. The van der Waals surface area contributed by atoms with Crippen molar-refractivity contribution in [2.75, 3.05) is 19.8 Å². The van der Waals surface area contributed by atoms with Crippen LogP contribution in [0.3, 0.4) is 0 Å². The number of rotatable bonds is 14. The molecule has 1 aromatic heterocycles. The van der Waals surface area contributed by atoms with Crippen LogP contribution in [0, 0.1) is 0 Å². The zero-order valence-electron chi connectivity index (χ0n) is 33.4. The number of carbonyl (C=O) groups is 7.